The molecule has 0 saturated heterocycles. The molecule has 3 rings (SSSR count). The number of ether oxygens (including phenoxy) is 1. The van der Waals surface area contributed by atoms with Crippen molar-refractivity contribution < 1.29 is 19.1 Å². The first kappa shape index (κ1) is 20.8. The molecule has 1 aliphatic rings. The lowest BCUT2D eigenvalue weighted by Crippen LogP contribution is -2.46. The number of imide groups is 1. The summed E-state index contributed by atoms with van der Waals surface area (Å²) in [6.45, 7) is 3.24. The van der Waals surface area contributed by atoms with Gasteiger partial charge in [-0.05, 0) is 37.8 Å². The van der Waals surface area contributed by atoms with E-state index in [0.717, 1.165) is 42.1 Å². The molecule has 7 nitrogen and oxygen atoms in total. The third kappa shape index (κ3) is 5.10. The Labute approximate surface area is 170 Å². The summed E-state index contributed by atoms with van der Waals surface area (Å²) in [6, 6.07) is 7.13. The van der Waals surface area contributed by atoms with Crippen molar-refractivity contribution in [1.82, 2.24) is 15.6 Å². The molecular weight excluding hydrogens is 370 g/mol. The summed E-state index contributed by atoms with van der Waals surface area (Å²) in [4.78, 5) is 41.2. The van der Waals surface area contributed by atoms with E-state index in [-0.39, 0.29) is 6.04 Å². The number of benzene rings is 1. The van der Waals surface area contributed by atoms with Crippen LogP contribution in [0, 0.1) is 6.92 Å². The predicted molar refractivity (Wildman–Crippen MR) is 110 cm³/mol. The van der Waals surface area contributed by atoms with Gasteiger partial charge in [0.2, 0.25) is 0 Å². The lowest BCUT2D eigenvalue weighted by Gasteiger charge is -2.22. The summed E-state index contributed by atoms with van der Waals surface area (Å²) in [5.74, 6) is -1.27. The molecule has 7 heteroatoms. The van der Waals surface area contributed by atoms with E-state index in [0.29, 0.717) is 17.7 Å². The van der Waals surface area contributed by atoms with Gasteiger partial charge in [0.1, 0.15) is 0 Å². The van der Waals surface area contributed by atoms with Gasteiger partial charge >= 0.3 is 12.0 Å². The number of carbonyl (C=O) groups is 3. The fourth-order valence-electron chi connectivity index (χ4n) is 3.80. The molecule has 0 spiro atoms. The minimum absolute atomic E-state index is 0.0949. The van der Waals surface area contributed by atoms with Crippen LogP contribution in [0.25, 0.3) is 10.9 Å². The van der Waals surface area contributed by atoms with Crippen LogP contribution in [-0.4, -0.2) is 35.5 Å². The van der Waals surface area contributed by atoms with Gasteiger partial charge < -0.3 is 10.1 Å². The number of para-hydroxylation sites is 1. The third-order valence-electron chi connectivity index (χ3n) is 5.29. The van der Waals surface area contributed by atoms with Gasteiger partial charge in [-0.3, -0.25) is 15.1 Å². The lowest BCUT2D eigenvalue weighted by molar-refractivity contribution is -0.123. The summed E-state index contributed by atoms with van der Waals surface area (Å²) in [6.07, 6.45) is 5.74. The zero-order valence-corrected chi connectivity index (χ0v) is 16.9. The topological polar surface area (TPSA) is 97.4 Å². The molecule has 154 valence electrons. The van der Waals surface area contributed by atoms with E-state index >= 15 is 0 Å². The molecule has 1 aromatic heterocycles. The standard InChI is InChI=1S/C22H27N3O4/c1-3-17-20(14(2)16-11-7-8-12-18(16)24-17)21(27)29-13-19(26)25-22(28)23-15-9-5-4-6-10-15/h7-8,11-12,15H,3-6,9-10,13H2,1-2H3,(H2,23,25,26,28). The Hall–Kier alpha value is -2.96. The normalized spacial score (nSPS) is 14.4. The number of nitrogens with zero attached hydrogens (tertiary/aromatic N) is 1. The maximum absolute atomic E-state index is 12.7. The molecule has 2 N–H and O–H groups in total. The van der Waals surface area contributed by atoms with Crippen LogP contribution in [0.1, 0.15) is 60.6 Å². The van der Waals surface area contributed by atoms with Crippen LogP contribution in [0.15, 0.2) is 24.3 Å². The summed E-state index contributed by atoms with van der Waals surface area (Å²) in [7, 11) is 0. The molecular formula is C22H27N3O4. The van der Waals surface area contributed by atoms with Crippen molar-refractivity contribution >= 4 is 28.8 Å². The maximum atomic E-state index is 12.7. The molecule has 0 atom stereocenters. The summed E-state index contributed by atoms with van der Waals surface area (Å²) >= 11 is 0. The van der Waals surface area contributed by atoms with Crippen LogP contribution in [0.3, 0.4) is 0 Å². The van der Waals surface area contributed by atoms with Crippen molar-refractivity contribution in [2.24, 2.45) is 0 Å². The Kier molecular flexibility index (Phi) is 6.80. The minimum atomic E-state index is -0.656. The average molecular weight is 397 g/mol. The van der Waals surface area contributed by atoms with Crippen LogP contribution in [0.2, 0.25) is 0 Å². The molecule has 0 aliphatic heterocycles. The number of urea groups is 1. The molecule has 1 heterocycles. The first-order valence-electron chi connectivity index (χ1n) is 10.1. The molecule has 2 aromatic rings. The summed E-state index contributed by atoms with van der Waals surface area (Å²) in [5.41, 5.74) is 2.59. The SMILES string of the molecule is CCc1nc2ccccc2c(C)c1C(=O)OCC(=O)NC(=O)NC1CCCCC1. The van der Waals surface area contributed by atoms with Crippen molar-refractivity contribution in [1.29, 1.82) is 0 Å². The fourth-order valence-corrected chi connectivity index (χ4v) is 3.80. The maximum Gasteiger partial charge on any atom is 0.340 e. The van der Waals surface area contributed by atoms with Crippen molar-refractivity contribution in [2.75, 3.05) is 6.61 Å². The van der Waals surface area contributed by atoms with E-state index < -0.39 is 24.5 Å². The number of hydrogen-bond acceptors (Lipinski definition) is 5. The van der Waals surface area contributed by atoms with Gasteiger partial charge in [-0.25, -0.2) is 9.59 Å². The Morgan fingerprint density at radius 2 is 1.86 bits per heavy atom. The van der Waals surface area contributed by atoms with Gasteiger partial charge in [0.15, 0.2) is 6.61 Å². The largest absolute Gasteiger partial charge is 0.452 e. The highest BCUT2D eigenvalue weighted by Crippen LogP contribution is 2.24. The molecule has 1 saturated carbocycles. The van der Waals surface area contributed by atoms with E-state index in [4.69, 9.17) is 4.74 Å². The first-order valence-corrected chi connectivity index (χ1v) is 10.1. The van der Waals surface area contributed by atoms with Crippen LogP contribution in [-0.2, 0) is 16.0 Å². The number of pyridine rings is 1. The molecule has 29 heavy (non-hydrogen) atoms. The molecule has 1 fully saturated rings. The number of aryl methyl sites for hydroxylation is 2. The second-order valence-electron chi connectivity index (χ2n) is 7.36. The van der Waals surface area contributed by atoms with Crippen molar-refractivity contribution in [3.8, 4) is 0 Å². The Morgan fingerprint density at radius 1 is 1.14 bits per heavy atom. The smallest absolute Gasteiger partial charge is 0.340 e. The number of hydrogen-bond donors (Lipinski definition) is 2. The highest BCUT2D eigenvalue weighted by atomic mass is 16.5. The van der Waals surface area contributed by atoms with E-state index in [1.807, 2.05) is 38.1 Å². The molecule has 1 aromatic carbocycles. The Morgan fingerprint density at radius 3 is 2.59 bits per heavy atom. The summed E-state index contributed by atoms with van der Waals surface area (Å²) in [5, 5.41) is 5.89. The Balaban J connectivity index is 1.60. The molecule has 0 bridgehead atoms. The fraction of sp³-hybridized carbons (Fsp3) is 0.455. The number of rotatable bonds is 5. The highest BCUT2D eigenvalue weighted by Gasteiger charge is 2.21. The Bertz CT molecular complexity index is 920. The molecule has 3 amide bonds. The average Bonchev–Trinajstić information content (AvgIpc) is 2.72. The number of carbonyl (C=O) groups excluding carboxylic acids is 3. The van der Waals surface area contributed by atoms with Gasteiger partial charge in [-0.1, -0.05) is 44.4 Å². The summed E-state index contributed by atoms with van der Waals surface area (Å²) < 4.78 is 5.18. The number of aromatic nitrogens is 1. The van der Waals surface area contributed by atoms with E-state index in [9.17, 15) is 14.4 Å². The van der Waals surface area contributed by atoms with E-state index in [2.05, 4.69) is 15.6 Å². The van der Waals surface area contributed by atoms with E-state index in [1.165, 1.54) is 6.42 Å². The van der Waals surface area contributed by atoms with Crippen LogP contribution < -0.4 is 10.6 Å². The number of fused-ring (bicyclic) bond motifs is 1. The van der Waals surface area contributed by atoms with Gasteiger partial charge in [-0.15, -0.1) is 0 Å². The second kappa shape index (κ2) is 9.49. The van der Waals surface area contributed by atoms with Gasteiger partial charge in [0.05, 0.1) is 16.8 Å². The first-order chi connectivity index (χ1) is 14.0. The van der Waals surface area contributed by atoms with Crippen LogP contribution in [0.5, 0.6) is 0 Å². The molecule has 0 unspecified atom stereocenters. The quantitative estimate of drug-likeness (QED) is 0.754. The zero-order valence-electron chi connectivity index (χ0n) is 16.9. The lowest BCUT2D eigenvalue weighted by atomic mass is 9.96. The number of nitrogens with one attached hydrogen (secondary N) is 2. The van der Waals surface area contributed by atoms with Gasteiger partial charge in [-0.2, -0.15) is 0 Å². The second-order valence-corrected chi connectivity index (χ2v) is 7.36. The highest BCUT2D eigenvalue weighted by molar-refractivity contribution is 6.00. The minimum Gasteiger partial charge on any atom is -0.452 e. The van der Waals surface area contributed by atoms with Crippen LogP contribution in [0.4, 0.5) is 4.79 Å². The third-order valence-corrected chi connectivity index (χ3v) is 5.29. The number of amides is 3. The van der Waals surface area contributed by atoms with Crippen molar-refractivity contribution in [2.45, 2.75) is 58.4 Å². The van der Waals surface area contributed by atoms with Crippen LogP contribution >= 0.6 is 0 Å². The monoisotopic (exact) mass is 397 g/mol. The van der Waals surface area contributed by atoms with Gasteiger partial charge in [0.25, 0.3) is 5.91 Å². The molecule has 0 radical (unpaired) electrons. The van der Waals surface area contributed by atoms with Gasteiger partial charge in [0, 0.05) is 11.4 Å². The van der Waals surface area contributed by atoms with Crippen molar-refractivity contribution in [3.63, 3.8) is 0 Å². The number of esters is 1. The zero-order chi connectivity index (χ0) is 20.8. The van der Waals surface area contributed by atoms with E-state index in [1.54, 1.807) is 0 Å². The molecule has 1 aliphatic carbocycles. The van der Waals surface area contributed by atoms with Crippen molar-refractivity contribution in [3.05, 3.63) is 41.1 Å². The predicted octanol–water partition coefficient (Wildman–Crippen LogP) is 3.42.